The van der Waals surface area contributed by atoms with Gasteiger partial charge in [-0.2, -0.15) is 0 Å². The fourth-order valence-electron chi connectivity index (χ4n) is 2.08. The molecule has 1 fully saturated rings. The molecule has 1 heterocycles. The summed E-state index contributed by atoms with van der Waals surface area (Å²) in [6.07, 6.45) is -0.351. The van der Waals surface area contributed by atoms with E-state index < -0.39 is 0 Å². The first-order valence-corrected chi connectivity index (χ1v) is 6.52. The predicted octanol–water partition coefficient (Wildman–Crippen LogP) is 2.49. The molecule has 2 rings (SSSR count). The first-order chi connectivity index (χ1) is 9.06. The number of halogens is 1. The maximum absolute atomic E-state index is 12.9. The molecule has 0 atom stereocenters. The van der Waals surface area contributed by atoms with E-state index in [1.54, 1.807) is 17.0 Å². The van der Waals surface area contributed by atoms with E-state index in [1.807, 2.05) is 13.8 Å². The zero-order valence-corrected chi connectivity index (χ0v) is 11.3. The number of carbonyl (C=O) groups excluding carboxylic acids is 1. The second-order valence-corrected chi connectivity index (χ2v) is 4.88. The molecule has 1 amide bonds. The number of ether oxygens (including phenoxy) is 1. The fourth-order valence-corrected chi connectivity index (χ4v) is 2.08. The van der Waals surface area contributed by atoms with Crippen LogP contribution in [0.15, 0.2) is 24.3 Å². The SMILES string of the molecule is CC(C)OC(=O)N1CCN(c2ccc(F)cc2)CC1. The van der Waals surface area contributed by atoms with E-state index in [2.05, 4.69) is 4.90 Å². The fraction of sp³-hybridized carbons (Fsp3) is 0.500. The largest absolute Gasteiger partial charge is 0.447 e. The van der Waals surface area contributed by atoms with Crippen LogP contribution in [0.4, 0.5) is 14.9 Å². The lowest BCUT2D eigenvalue weighted by atomic mass is 10.2. The smallest absolute Gasteiger partial charge is 0.410 e. The van der Waals surface area contributed by atoms with E-state index in [-0.39, 0.29) is 18.0 Å². The first-order valence-electron chi connectivity index (χ1n) is 6.52. The summed E-state index contributed by atoms with van der Waals surface area (Å²) in [6, 6.07) is 6.43. The summed E-state index contributed by atoms with van der Waals surface area (Å²) >= 11 is 0. The maximum atomic E-state index is 12.9. The monoisotopic (exact) mass is 266 g/mol. The second-order valence-electron chi connectivity index (χ2n) is 4.88. The highest BCUT2D eigenvalue weighted by Gasteiger charge is 2.22. The molecule has 0 aliphatic carbocycles. The van der Waals surface area contributed by atoms with Gasteiger partial charge < -0.3 is 14.5 Å². The van der Waals surface area contributed by atoms with Crippen molar-refractivity contribution in [3.63, 3.8) is 0 Å². The summed E-state index contributed by atoms with van der Waals surface area (Å²) in [6.45, 7) is 6.41. The molecule has 0 aromatic heterocycles. The normalized spacial score (nSPS) is 15.8. The zero-order valence-electron chi connectivity index (χ0n) is 11.3. The van der Waals surface area contributed by atoms with Gasteiger partial charge in [0.25, 0.3) is 0 Å². The Balaban J connectivity index is 1.88. The Morgan fingerprint density at radius 3 is 2.26 bits per heavy atom. The lowest BCUT2D eigenvalue weighted by Crippen LogP contribution is -2.49. The quantitative estimate of drug-likeness (QED) is 0.824. The Bertz CT molecular complexity index is 426. The molecule has 1 aromatic rings. The summed E-state index contributed by atoms with van der Waals surface area (Å²) in [5.41, 5.74) is 0.985. The van der Waals surface area contributed by atoms with Crippen LogP contribution >= 0.6 is 0 Å². The standard InChI is InChI=1S/C14H19FN2O2/c1-11(2)19-14(18)17-9-7-16(8-10-17)13-5-3-12(15)4-6-13/h3-6,11H,7-10H2,1-2H3. The molecule has 5 heteroatoms. The van der Waals surface area contributed by atoms with Gasteiger partial charge in [0.05, 0.1) is 6.10 Å². The highest BCUT2D eigenvalue weighted by Crippen LogP contribution is 2.17. The average Bonchev–Trinajstić information content (AvgIpc) is 2.39. The number of piperazine rings is 1. The number of nitrogens with zero attached hydrogens (tertiary/aromatic N) is 2. The minimum Gasteiger partial charge on any atom is -0.447 e. The molecule has 104 valence electrons. The molecular weight excluding hydrogens is 247 g/mol. The lowest BCUT2D eigenvalue weighted by molar-refractivity contribution is 0.0751. The van der Waals surface area contributed by atoms with Crippen molar-refractivity contribution in [3.05, 3.63) is 30.1 Å². The minimum absolute atomic E-state index is 0.0948. The van der Waals surface area contributed by atoms with Crippen LogP contribution in [0.2, 0.25) is 0 Å². The lowest BCUT2D eigenvalue weighted by Gasteiger charge is -2.35. The molecule has 0 saturated carbocycles. The van der Waals surface area contributed by atoms with Crippen molar-refractivity contribution < 1.29 is 13.9 Å². The molecule has 0 N–H and O–H groups in total. The molecule has 4 nitrogen and oxygen atoms in total. The Morgan fingerprint density at radius 1 is 1.16 bits per heavy atom. The van der Waals surface area contributed by atoms with Crippen LogP contribution in [-0.4, -0.2) is 43.3 Å². The van der Waals surface area contributed by atoms with Crippen LogP contribution < -0.4 is 4.90 Å². The van der Waals surface area contributed by atoms with E-state index in [4.69, 9.17) is 4.74 Å². The Labute approximate surface area is 112 Å². The van der Waals surface area contributed by atoms with Gasteiger partial charge in [-0.25, -0.2) is 9.18 Å². The van der Waals surface area contributed by atoms with Crippen molar-refractivity contribution in [2.75, 3.05) is 31.1 Å². The van der Waals surface area contributed by atoms with E-state index in [0.29, 0.717) is 13.1 Å². The summed E-state index contributed by atoms with van der Waals surface area (Å²) in [5.74, 6) is -0.233. The maximum Gasteiger partial charge on any atom is 0.410 e. The number of hydrogen-bond donors (Lipinski definition) is 0. The summed E-state index contributed by atoms with van der Waals surface area (Å²) < 4.78 is 18.0. The molecule has 0 bridgehead atoms. The second kappa shape index (κ2) is 5.91. The minimum atomic E-state index is -0.256. The molecule has 1 aliphatic heterocycles. The van der Waals surface area contributed by atoms with Crippen molar-refractivity contribution in [2.45, 2.75) is 20.0 Å². The first kappa shape index (κ1) is 13.6. The van der Waals surface area contributed by atoms with Crippen molar-refractivity contribution in [2.24, 2.45) is 0 Å². The van der Waals surface area contributed by atoms with Gasteiger partial charge in [-0.1, -0.05) is 0 Å². The van der Waals surface area contributed by atoms with Gasteiger partial charge in [0.2, 0.25) is 0 Å². The van der Waals surface area contributed by atoms with Crippen LogP contribution in [0.5, 0.6) is 0 Å². The number of carbonyl (C=O) groups is 1. The third-order valence-corrected chi connectivity index (χ3v) is 3.07. The number of amides is 1. The van der Waals surface area contributed by atoms with E-state index >= 15 is 0 Å². The number of anilines is 1. The molecule has 19 heavy (non-hydrogen) atoms. The van der Waals surface area contributed by atoms with Crippen molar-refractivity contribution in [1.29, 1.82) is 0 Å². The molecule has 0 unspecified atom stereocenters. The highest BCUT2D eigenvalue weighted by atomic mass is 19.1. The Hall–Kier alpha value is -1.78. The van der Waals surface area contributed by atoms with E-state index in [0.717, 1.165) is 18.8 Å². The Morgan fingerprint density at radius 2 is 1.74 bits per heavy atom. The van der Waals surface area contributed by atoms with Crippen molar-refractivity contribution in [1.82, 2.24) is 4.90 Å². The van der Waals surface area contributed by atoms with Gasteiger partial charge in [-0.05, 0) is 38.1 Å². The van der Waals surface area contributed by atoms with Crippen LogP contribution in [-0.2, 0) is 4.74 Å². The number of benzene rings is 1. The summed E-state index contributed by atoms with van der Waals surface area (Å²) in [4.78, 5) is 15.6. The van der Waals surface area contributed by atoms with Crippen LogP contribution in [0.1, 0.15) is 13.8 Å². The van der Waals surface area contributed by atoms with Gasteiger partial charge in [0.1, 0.15) is 5.82 Å². The molecular formula is C14H19FN2O2. The Kier molecular flexibility index (Phi) is 4.24. The predicted molar refractivity (Wildman–Crippen MR) is 71.8 cm³/mol. The van der Waals surface area contributed by atoms with Gasteiger partial charge in [-0.15, -0.1) is 0 Å². The topological polar surface area (TPSA) is 32.8 Å². The van der Waals surface area contributed by atoms with Gasteiger partial charge in [0.15, 0.2) is 0 Å². The van der Waals surface area contributed by atoms with Crippen molar-refractivity contribution in [3.8, 4) is 0 Å². The molecule has 1 aliphatic rings. The molecule has 1 saturated heterocycles. The van der Waals surface area contributed by atoms with Crippen molar-refractivity contribution >= 4 is 11.8 Å². The third kappa shape index (κ3) is 3.59. The average molecular weight is 266 g/mol. The highest BCUT2D eigenvalue weighted by molar-refractivity contribution is 5.68. The van der Waals surface area contributed by atoms with Gasteiger partial charge in [0, 0.05) is 31.9 Å². The molecule has 1 aromatic carbocycles. The van der Waals surface area contributed by atoms with Crippen LogP contribution in [0.3, 0.4) is 0 Å². The zero-order chi connectivity index (χ0) is 13.8. The molecule has 0 radical (unpaired) electrons. The third-order valence-electron chi connectivity index (χ3n) is 3.07. The number of hydrogen-bond acceptors (Lipinski definition) is 3. The van der Waals surface area contributed by atoms with E-state index in [9.17, 15) is 9.18 Å². The van der Waals surface area contributed by atoms with Gasteiger partial charge in [-0.3, -0.25) is 0 Å². The van der Waals surface area contributed by atoms with E-state index in [1.165, 1.54) is 12.1 Å². The number of rotatable bonds is 2. The van der Waals surface area contributed by atoms with Gasteiger partial charge >= 0.3 is 6.09 Å². The van der Waals surface area contributed by atoms with Crippen LogP contribution in [0.25, 0.3) is 0 Å². The van der Waals surface area contributed by atoms with Crippen LogP contribution in [0, 0.1) is 5.82 Å². The summed E-state index contributed by atoms with van der Waals surface area (Å²) in [5, 5.41) is 0. The summed E-state index contributed by atoms with van der Waals surface area (Å²) in [7, 11) is 0. The molecule has 0 spiro atoms.